The maximum atomic E-state index is 9.44. The largest absolute Gasteiger partial charge is 0.306 e. The monoisotopic (exact) mass is 171 g/mol. The Morgan fingerprint density at radius 1 is 1.25 bits per heavy atom. The van der Waals surface area contributed by atoms with Crippen molar-refractivity contribution in [1.29, 1.82) is 0 Å². The third kappa shape index (κ3) is 7.73. The van der Waals surface area contributed by atoms with E-state index in [4.69, 9.17) is 0 Å². The van der Waals surface area contributed by atoms with Crippen molar-refractivity contribution in [2.45, 2.75) is 33.6 Å². The summed E-state index contributed by atoms with van der Waals surface area (Å²) < 4.78 is 0. The third-order valence-corrected chi connectivity index (χ3v) is 2.01. The molecular weight excluding hydrogens is 150 g/mol. The molecule has 2 heteroatoms. The van der Waals surface area contributed by atoms with E-state index in [2.05, 4.69) is 18.9 Å². The SMILES string of the molecule is CC(C)=O.CC1CCN(C)CC1. The molecule has 0 saturated carbocycles. The van der Waals surface area contributed by atoms with Crippen molar-refractivity contribution in [3.63, 3.8) is 0 Å². The minimum atomic E-state index is 0.167. The lowest BCUT2D eigenvalue weighted by Crippen LogP contribution is -2.28. The molecule has 0 aromatic carbocycles. The molecule has 0 amide bonds. The molecule has 0 spiro atoms. The fraction of sp³-hybridized carbons (Fsp3) is 0.900. The Hall–Kier alpha value is -0.370. The van der Waals surface area contributed by atoms with E-state index in [0.29, 0.717) is 0 Å². The van der Waals surface area contributed by atoms with Crippen molar-refractivity contribution in [2.24, 2.45) is 5.92 Å². The van der Waals surface area contributed by atoms with Crippen LogP contribution in [0.2, 0.25) is 0 Å². The quantitative estimate of drug-likeness (QED) is 0.555. The molecule has 12 heavy (non-hydrogen) atoms. The van der Waals surface area contributed by atoms with Crippen molar-refractivity contribution < 1.29 is 4.79 Å². The summed E-state index contributed by atoms with van der Waals surface area (Å²) in [4.78, 5) is 11.8. The van der Waals surface area contributed by atoms with Crippen LogP contribution in [-0.4, -0.2) is 30.8 Å². The van der Waals surface area contributed by atoms with Crippen LogP contribution in [0.1, 0.15) is 33.6 Å². The van der Waals surface area contributed by atoms with E-state index >= 15 is 0 Å². The Labute approximate surface area is 75.9 Å². The first-order valence-electron chi connectivity index (χ1n) is 4.68. The lowest BCUT2D eigenvalue weighted by Gasteiger charge is -2.26. The molecule has 2 nitrogen and oxygen atoms in total. The summed E-state index contributed by atoms with van der Waals surface area (Å²) in [5, 5.41) is 0. The van der Waals surface area contributed by atoms with Gasteiger partial charge in [-0.25, -0.2) is 0 Å². The zero-order valence-corrected chi connectivity index (χ0v) is 8.76. The van der Waals surface area contributed by atoms with Crippen LogP contribution in [-0.2, 0) is 4.79 Å². The number of ketones is 1. The number of likely N-dealkylation sites (tertiary alicyclic amines) is 1. The fourth-order valence-electron chi connectivity index (χ4n) is 1.14. The highest BCUT2D eigenvalue weighted by Crippen LogP contribution is 2.13. The van der Waals surface area contributed by atoms with Gasteiger partial charge in [-0.3, -0.25) is 0 Å². The van der Waals surface area contributed by atoms with E-state index in [1.165, 1.54) is 39.8 Å². The van der Waals surface area contributed by atoms with Gasteiger partial charge in [0.2, 0.25) is 0 Å². The number of carbonyl (C=O) groups excluding carboxylic acids is 1. The molecule has 1 aliphatic heterocycles. The van der Waals surface area contributed by atoms with Crippen molar-refractivity contribution in [1.82, 2.24) is 4.90 Å². The number of hydrogen-bond acceptors (Lipinski definition) is 2. The summed E-state index contributed by atoms with van der Waals surface area (Å²) in [6.07, 6.45) is 2.80. The van der Waals surface area contributed by atoms with E-state index in [0.717, 1.165) is 5.92 Å². The second-order valence-corrected chi connectivity index (χ2v) is 3.89. The molecule has 1 heterocycles. The first-order valence-corrected chi connectivity index (χ1v) is 4.68. The zero-order valence-electron chi connectivity index (χ0n) is 8.76. The minimum absolute atomic E-state index is 0.167. The molecule has 0 aromatic rings. The number of nitrogens with zero attached hydrogens (tertiary/aromatic N) is 1. The van der Waals surface area contributed by atoms with Gasteiger partial charge in [0.05, 0.1) is 0 Å². The molecule has 0 unspecified atom stereocenters. The van der Waals surface area contributed by atoms with E-state index in [1.54, 1.807) is 0 Å². The predicted molar refractivity (Wildman–Crippen MR) is 52.3 cm³/mol. The molecule has 1 saturated heterocycles. The molecule has 1 fully saturated rings. The summed E-state index contributed by atoms with van der Waals surface area (Å²) in [7, 11) is 2.20. The second kappa shape index (κ2) is 6.18. The van der Waals surface area contributed by atoms with Crippen LogP contribution in [0.5, 0.6) is 0 Å². The number of piperidine rings is 1. The van der Waals surface area contributed by atoms with Gasteiger partial charge in [0.15, 0.2) is 0 Å². The standard InChI is InChI=1S/C7H15N.C3H6O/c1-7-3-5-8(2)6-4-7;1-3(2)4/h7H,3-6H2,1-2H3;1-2H3. The maximum absolute atomic E-state index is 9.44. The molecule has 0 aromatic heterocycles. The van der Waals surface area contributed by atoms with Crippen LogP contribution >= 0.6 is 0 Å². The summed E-state index contributed by atoms with van der Waals surface area (Å²) in [5.74, 6) is 1.14. The Morgan fingerprint density at radius 3 is 1.83 bits per heavy atom. The zero-order chi connectivity index (χ0) is 9.56. The Bertz CT molecular complexity index is 112. The molecule has 1 rings (SSSR count). The highest BCUT2D eigenvalue weighted by molar-refractivity contribution is 5.72. The molecule has 0 aliphatic carbocycles. The number of carbonyl (C=O) groups is 1. The predicted octanol–water partition coefficient (Wildman–Crippen LogP) is 1.94. The summed E-state index contributed by atoms with van der Waals surface area (Å²) in [5.41, 5.74) is 0. The summed E-state index contributed by atoms with van der Waals surface area (Å²) in [6.45, 7) is 8.01. The second-order valence-electron chi connectivity index (χ2n) is 3.89. The lowest BCUT2D eigenvalue weighted by atomic mass is 10.00. The average Bonchev–Trinajstić information content (AvgIpc) is 1.94. The lowest BCUT2D eigenvalue weighted by molar-refractivity contribution is -0.114. The van der Waals surface area contributed by atoms with Gasteiger partial charge in [-0.2, -0.15) is 0 Å². The minimum Gasteiger partial charge on any atom is -0.306 e. The van der Waals surface area contributed by atoms with Crippen molar-refractivity contribution >= 4 is 5.78 Å². The van der Waals surface area contributed by atoms with Crippen LogP contribution in [0.4, 0.5) is 0 Å². The Morgan fingerprint density at radius 2 is 1.58 bits per heavy atom. The highest BCUT2D eigenvalue weighted by atomic mass is 16.1. The van der Waals surface area contributed by atoms with Crippen LogP contribution in [0, 0.1) is 5.92 Å². The molecule has 1 aliphatic rings. The van der Waals surface area contributed by atoms with Gasteiger partial charge < -0.3 is 9.69 Å². The summed E-state index contributed by atoms with van der Waals surface area (Å²) >= 11 is 0. The first kappa shape index (κ1) is 11.6. The van der Waals surface area contributed by atoms with Crippen LogP contribution in [0.15, 0.2) is 0 Å². The average molecular weight is 171 g/mol. The van der Waals surface area contributed by atoms with E-state index in [1.807, 2.05) is 0 Å². The fourth-order valence-corrected chi connectivity index (χ4v) is 1.14. The van der Waals surface area contributed by atoms with Crippen molar-refractivity contribution in [2.75, 3.05) is 20.1 Å². The number of Topliss-reactive ketones (excluding diaryl/α,β-unsaturated/α-hetero) is 1. The highest BCUT2D eigenvalue weighted by Gasteiger charge is 2.10. The molecule has 0 radical (unpaired) electrons. The van der Waals surface area contributed by atoms with Gasteiger partial charge >= 0.3 is 0 Å². The van der Waals surface area contributed by atoms with Crippen LogP contribution in [0.3, 0.4) is 0 Å². The Balaban J connectivity index is 0.000000261. The van der Waals surface area contributed by atoms with Gasteiger partial charge in [0, 0.05) is 0 Å². The van der Waals surface area contributed by atoms with E-state index < -0.39 is 0 Å². The van der Waals surface area contributed by atoms with Crippen molar-refractivity contribution in [3.8, 4) is 0 Å². The van der Waals surface area contributed by atoms with Gasteiger partial charge in [0.1, 0.15) is 5.78 Å². The smallest absolute Gasteiger partial charge is 0.126 e. The third-order valence-electron chi connectivity index (χ3n) is 2.01. The number of rotatable bonds is 0. The first-order chi connectivity index (χ1) is 5.52. The van der Waals surface area contributed by atoms with Crippen LogP contribution in [0.25, 0.3) is 0 Å². The molecule has 0 bridgehead atoms. The van der Waals surface area contributed by atoms with E-state index in [-0.39, 0.29) is 5.78 Å². The van der Waals surface area contributed by atoms with E-state index in [9.17, 15) is 4.79 Å². The van der Waals surface area contributed by atoms with Gasteiger partial charge in [0.25, 0.3) is 0 Å². The molecular formula is C10H21NO. The van der Waals surface area contributed by atoms with Gasteiger partial charge in [-0.15, -0.1) is 0 Å². The van der Waals surface area contributed by atoms with Crippen molar-refractivity contribution in [3.05, 3.63) is 0 Å². The van der Waals surface area contributed by atoms with Gasteiger partial charge in [-0.1, -0.05) is 6.92 Å². The normalized spacial score (nSPS) is 19.7. The molecule has 0 atom stereocenters. The summed E-state index contributed by atoms with van der Waals surface area (Å²) in [6, 6.07) is 0. The maximum Gasteiger partial charge on any atom is 0.126 e. The molecule has 0 N–H and O–H groups in total. The topological polar surface area (TPSA) is 20.3 Å². The Kier molecular flexibility index (Phi) is 5.99. The van der Waals surface area contributed by atoms with Gasteiger partial charge in [-0.05, 0) is 52.7 Å². The number of hydrogen-bond donors (Lipinski definition) is 0. The van der Waals surface area contributed by atoms with Crippen LogP contribution < -0.4 is 0 Å². The molecule has 72 valence electrons.